The molecule has 142 valence electrons. The predicted molar refractivity (Wildman–Crippen MR) is 93.2 cm³/mol. The van der Waals surface area contributed by atoms with Gasteiger partial charge in [-0.2, -0.15) is 0 Å². The maximum atomic E-state index is 12.5. The molecule has 2 aliphatic rings. The fourth-order valence-electron chi connectivity index (χ4n) is 3.33. The van der Waals surface area contributed by atoms with E-state index in [9.17, 15) is 14.4 Å². The van der Waals surface area contributed by atoms with Crippen molar-refractivity contribution < 1.29 is 19.1 Å². The zero-order valence-corrected chi connectivity index (χ0v) is 15.3. The minimum atomic E-state index is -0.585. The van der Waals surface area contributed by atoms with Crippen LogP contribution in [0, 0.1) is 0 Å². The Balaban J connectivity index is 1.72. The lowest BCUT2D eigenvalue weighted by atomic mass is 9.96. The van der Waals surface area contributed by atoms with E-state index in [0.29, 0.717) is 32.8 Å². The maximum absolute atomic E-state index is 12.5. The predicted octanol–water partition coefficient (Wildman–Crippen LogP) is 1.31. The van der Waals surface area contributed by atoms with Crippen LogP contribution in [0.3, 0.4) is 0 Å². The van der Waals surface area contributed by atoms with E-state index in [2.05, 4.69) is 10.6 Å². The summed E-state index contributed by atoms with van der Waals surface area (Å²) in [6.45, 7) is 5.61. The van der Waals surface area contributed by atoms with Gasteiger partial charge in [0.25, 0.3) is 0 Å². The third-order valence-electron chi connectivity index (χ3n) is 4.78. The molecular formula is C17H30N4O4. The monoisotopic (exact) mass is 354 g/mol. The first-order valence-electron chi connectivity index (χ1n) is 9.28. The highest BCUT2D eigenvalue weighted by Gasteiger charge is 2.28. The number of piperazine rings is 1. The average Bonchev–Trinajstić information content (AvgIpc) is 2.62. The highest BCUT2D eigenvalue weighted by atomic mass is 16.6. The van der Waals surface area contributed by atoms with Gasteiger partial charge in [0.05, 0.1) is 6.61 Å². The molecule has 1 atom stereocenters. The molecule has 1 aliphatic carbocycles. The molecule has 25 heavy (non-hydrogen) atoms. The van der Waals surface area contributed by atoms with Crippen LogP contribution < -0.4 is 10.6 Å². The molecule has 2 N–H and O–H groups in total. The molecule has 0 radical (unpaired) electrons. The fourth-order valence-corrected chi connectivity index (χ4v) is 3.33. The van der Waals surface area contributed by atoms with Crippen LogP contribution in [0.1, 0.15) is 46.0 Å². The third-order valence-corrected chi connectivity index (χ3v) is 4.78. The zero-order valence-electron chi connectivity index (χ0n) is 15.3. The smallest absolute Gasteiger partial charge is 0.409 e. The number of nitrogens with zero attached hydrogens (tertiary/aromatic N) is 2. The van der Waals surface area contributed by atoms with Crippen molar-refractivity contribution in [2.75, 3.05) is 32.8 Å². The normalized spacial score (nSPS) is 19.9. The van der Waals surface area contributed by atoms with E-state index in [-0.39, 0.29) is 24.1 Å². The summed E-state index contributed by atoms with van der Waals surface area (Å²) in [5.74, 6) is -0.123. The lowest BCUT2D eigenvalue weighted by Crippen LogP contribution is -2.56. The van der Waals surface area contributed by atoms with Crippen LogP contribution in [0.25, 0.3) is 0 Å². The van der Waals surface area contributed by atoms with Crippen molar-refractivity contribution >= 4 is 18.0 Å². The van der Waals surface area contributed by atoms with Gasteiger partial charge in [0, 0.05) is 32.2 Å². The number of hydrogen-bond acceptors (Lipinski definition) is 4. The standard InChI is InChI=1S/C17H30N4O4/c1-3-25-17(24)21-11-9-20(10-12-21)15(22)13(2)18-16(23)19-14-7-5-4-6-8-14/h13-14H,3-12H2,1-2H3,(H2,18,19,23)/t13-/m1/s1. The van der Waals surface area contributed by atoms with Gasteiger partial charge in [-0.25, -0.2) is 9.59 Å². The van der Waals surface area contributed by atoms with Gasteiger partial charge >= 0.3 is 12.1 Å². The second-order valence-electron chi connectivity index (χ2n) is 6.69. The summed E-state index contributed by atoms with van der Waals surface area (Å²) in [6.07, 6.45) is 5.19. The number of nitrogens with one attached hydrogen (secondary N) is 2. The molecule has 1 saturated carbocycles. The summed E-state index contributed by atoms with van der Waals surface area (Å²) in [5, 5.41) is 5.69. The first-order chi connectivity index (χ1) is 12.0. The van der Waals surface area contributed by atoms with E-state index in [4.69, 9.17) is 4.74 Å². The van der Waals surface area contributed by atoms with Crippen molar-refractivity contribution in [3.05, 3.63) is 0 Å². The van der Waals surface area contributed by atoms with Crippen LogP contribution in [0.2, 0.25) is 0 Å². The Morgan fingerprint density at radius 1 is 1.04 bits per heavy atom. The Labute approximate surface area is 149 Å². The third kappa shape index (κ3) is 5.79. The minimum absolute atomic E-state index is 0.123. The number of carbonyl (C=O) groups is 3. The molecule has 0 spiro atoms. The van der Waals surface area contributed by atoms with Gasteiger partial charge in [-0.05, 0) is 26.7 Å². The summed E-state index contributed by atoms with van der Waals surface area (Å²) >= 11 is 0. The SMILES string of the molecule is CCOC(=O)N1CCN(C(=O)[C@@H](C)NC(=O)NC2CCCCC2)CC1. The van der Waals surface area contributed by atoms with Crippen molar-refractivity contribution in [2.45, 2.75) is 58.0 Å². The molecule has 4 amide bonds. The number of carbonyl (C=O) groups excluding carboxylic acids is 3. The summed E-state index contributed by atoms with van der Waals surface area (Å²) in [5.41, 5.74) is 0. The van der Waals surface area contributed by atoms with Crippen molar-refractivity contribution in [1.29, 1.82) is 0 Å². The Hall–Kier alpha value is -1.99. The van der Waals surface area contributed by atoms with E-state index >= 15 is 0 Å². The molecule has 1 aliphatic heterocycles. The van der Waals surface area contributed by atoms with Crippen molar-refractivity contribution in [3.63, 3.8) is 0 Å². The quantitative estimate of drug-likeness (QED) is 0.796. The first-order valence-corrected chi connectivity index (χ1v) is 9.28. The first kappa shape index (κ1) is 19.3. The fraction of sp³-hybridized carbons (Fsp3) is 0.824. The van der Waals surface area contributed by atoms with Gasteiger partial charge < -0.3 is 25.2 Å². The molecule has 0 aromatic heterocycles. The topological polar surface area (TPSA) is 91.0 Å². The highest BCUT2D eigenvalue weighted by molar-refractivity contribution is 5.87. The Kier molecular flexibility index (Phi) is 7.33. The van der Waals surface area contributed by atoms with E-state index in [1.807, 2.05) is 0 Å². The van der Waals surface area contributed by atoms with Crippen LogP contribution in [0.5, 0.6) is 0 Å². The van der Waals surface area contributed by atoms with Gasteiger partial charge in [0.15, 0.2) is 0 Å². The molecule has 1 heterocycles. The van der Waals surface area contributed by atoms with Crippen LogP contribution in [-0.2, 0) is 9.53 Å². The largest absolute Gasteiger partial charge is 0.450 e. The lowest BCUT2D eigenvalue weighted by molar-refractivity contribution is -0.134. The molecule has 1 saturated heterocycles. The minimum Gasteiger partial charge on any atom is -0.450 e. The van der Waals surface area contributed by atoms with Crippen LogP contribution in [0.4, 0.5) is 9.59 Å². The highest BCUT2D eigenvalue weighted by Crippen LogP contribution is 2.17. The summed E-state index contributed by atoms with van der Waals surface area (Å²) in [6, 6.07) is -0.653. The molecule has 8 nitrogen and oxygen atoms in total. The van der Waals surface area contributed by atoms with Crippen LogP contribution in [-0.4, -0.2) is 72.7 Å². The Morgan fingerprint density at radius 2 is 1.64 bits per heavy atom. The molecule has 2 rings (SSSR count). The molecule has 0 unspecified atom stereocenters. The van der Waals surface area contributed by atoms with Gasteiger partial charge in [-0.1, -0.05) is 19.3 Å². The number of urea groups is 1. The second-order valence-corrected chi connectivity index (χ2v) is 6.69. The van der Waals surface area contributed by atoms with Crippen LogP contribution >= 0.6 is 0 Å². The zero-order chi connectivity index (χ0) is 18.2. The summed E-state index contributed by atoms with van der Waals surface area (Å²) in [7, 11) is 0. The van der Waals surface area contributed by atoms with E-state index < -0.39 is 6.04 Å². The number of hydrogen-bond donors (Lipinski definition) is 2. The van der Waals surface area contributed by atoms with Gasteiger partial charge in [-0.15, -0.1) is 0 Å². The van der Waals surface area contributed by atoms with E-state index in [1.54, 1.807) is 23.6 Å². The van der Waals surface area contributed by atoms with Crippen molar-refractivity contribution in [2.24, 2.45) is 0 Å². The Morgan fingerprint density at radius 3 is 2.24 bits per heavy atom. The van der Waals surface area contributed by atoms with Crippen molar-refractivity contribution in [3.8, 4) is 0 Å². The Bertz CT molecular complexity index is 471. The molecule has 0 aromatic rings. The summed E-state index contributed by atoms with van der Waals surface area (Å²) in [4.78, 5) is 39.5. The van der Waals surface area contributed by atoms with Gasteiger partial charge in [0.2, 0.25) is 5.91 Å². The number of ether oxygens (including phenoxy) is 1. The van der Waals surface area contributed by atoms with Gasteiger partial charge in [0.1, 0.15) is 6.04 Å². The maximum Gasteiger partial charge on any atom is 0.409 e. The molecule has 8 heteroatoms. The average molecular weight is 354 g/mol. The number of rotatable bonds is 4. The van der Waals surface area contributed by atoms with Gasteiger partial charge in [-0.3, -0.25) is 4.79 Å². The molecule has 0 bridgehead atoms. The molecule has 0 aromatic carbocycles. The van der Waals surface area contributed by atoms with E-state index in [0.717, 1.165) is 25.7 Å². The van der Waals surface area contributed by atoms with Crippen molar-refractivity contribution in [1.82, 2.24) is 20.4 Å². The second kappa shape index (κ2) is 9.48. The molecular weight excluding hydrogens is 324 g/mol. The van der Waals surface area contributed by atoms with Crippen LogP contribution in [0.15, 0.2) is 0 Å². The number of amides is 4. The van der Waals surface area contributed by atoms with E-state index in [1.165, 1.54) is 6.42 Å². The lowest BCUT2D eigenvalue weighted by Gasteiger charge is -2.35. The summed E-state index contributed by atoms with van der Waals surface area (Å²) < 4.78 is 4.97. The molecule has 2 fully saturated rings.